The summed E-state index contributed by atoms with van der Waals surface area (Å²) in [4.78, 5) is 4.58. The summed E-state index contributed by atoms with van der Waals surface area (Å²) in [6.45, 7) is 2.33. The summed E-state index contributed by atoms with van der Waals surface area (Å²) in [5, 5.41) is 0. The van der Waals surface area contributed by atoms with E-state index in [-0.39, 0.29) is 0 Å². The minimum absolute atomic E-state index is 1.13. The molecule has 0 amide bonds. The average Bonchev–Trinajstić information content (AvgIpc) is 2.42. The molecule has 0 bridgehead atoms. The maximum absolute atomic E-state index is 2.33. The molecule has 0 unspecified atom stereocenters. The zero-order valence-corrected chi connectivity index (χ0v) is 14.0. The highest BCUT2D eigenvalue weighted by atomic mass is 33.1. The quantitative estimate of drug-likeness (QED) is 0.478. The van der Waals surface area contributed by atoms with E-state index in [1.54, 1.807) is 0 Å². The number of benzene rings is 1. The highest BCUT2D eigenvalue weighted by molar-refractivity contribution is 8.76. The van der Waals surface area contributed by atoms with Gasteiger partial charge in [0.05, 0.1) is 0 Å². The minimum Gasteiger partial charge on any atom is -0.375 e. The Bertz CT molecular complexity index is 317. The van der Waals surface area contributed by atoms with Gasteiger partial charge in [0.15, 0.2) is 0 Å². The first kappa shape index (κ1) is 16.7. The van der Waals surface area contributed by atoms with Crippen molar-refractivity contribution < 1.29 is 0 Å². The number of hydrogen-bond donors (Lipinski definition) is 0. The molecule has 0 aliphatic rings. The fourth-order valence-corrected chi connectivity index (χ4v) is 3.87. The molecule has 19 heavy (non-hydrogen) atoms. The first-order valence-electron chi connectivity index (χ1n) is 6.85. The summed E-state index contributed by atoms with van der Waals surface area (Å²) in [5.74, 6) is 2.50. The lowest BCUT2D eigenvalue weighted by molar-refractivity contribution is 0.410. The Morgan fingerprint density at radius 3 is 2.00 bits per heavy atom. The van der Waals surface area contributed by atoms with Gasteiger partial charge in [-0.3, -0.25) is 0 Å². The normalized spacial score (nSPS) is 10.9. The molecule has 0 heterocycles. The molecule has 0 N–H and O–H groups in total. The van der Waals surface area contributed by atoms with Crippen LogP contribution in [0.5, 0.6) is 0 Å². The van der Waals surface area contributed by atoms with Crippen LogP contribution in [0.4, 0.5) is 5.69 Å². The van der Waals surface area contributed by atoms with Gasteiger partial charge in [0.25, 0.3) is 0 Å². The molecule has 0 spiro atoms. The number of hydrogen-bond acceptors (Lipinski definition) is 4. The summed E-state index contributed by atoms with van der Waals surface area (Å²) < 4.78 is 0. The monoisotopic (exact) mass is 298 g/mol. The van der Waals surface area contributed by atoms with Gasteiger partial charge in [0.2, 0.25) is 0 Å². The Hall–Kier alpha value is -0.320. The molecule has 1 rings (SSSR count). The molecule has 0 radical (unpaired) electrons. The van der Waals surface area contributed by atoms with E-state index < -0.39 is 0 Å². The molecule has 108 valence electrons. The Labute approximate surface area is 126 Å². The Balaban J connectivity index is 1.96. The van der Waals surface area contributed by atoms with Crippen molar-refractivity contribution in [3.05, 3.63) is 30.3 Å². The van der Waals surface area contributed by atoms with Gasteiger partial charge in [-0.2, -0.15) is 0 Å². The summed E-state index contributed by atoms with van der Waals surface area (Å²) in [6.07, 6.45) is 2.53. The highest BCUT2D eigenvalue weighted by Crippen LogP contribution is 2.23. The van der Waals surface area contributed by atoms with Gasteiger partial charge in [-0.15, -0.1) is 0 Å². The minimum atomic E-state index is 1.13. The van der Waals surface area contributed by atoms with Crippen LogP contribution in [-0.4, -0.2) is 50.6 Å². The third-order valence-electron chi connectivity index (χ3n) is 2.83. The van der Waals surface area contributed by atoms with E-state index in [4.69, 9.17) is 0 Å². The second-order valence-electron chi connectivity index (χ2n) is 4.91. The van der Waals surface area contributed by atoms with Crippen LogP contribution in [-0.2, 0) is 0 Å². The van der Waals surface area contributed by atoms with Crippen molar-refractivity contribution in [1.82, 2.24) is 4.90 Å². The third kappa shape index (κ3) is 8.45. The SMILES string of the molecule is CN(C)CCCSSCCCN(C)c1ccccc1. The van der Waals surface area contributed by atoms with Crippen LogP contribution in [0.3, 0.4) is 0 Å². The van der Waals surface area contributed by atoms with Crippen LogP contribution in [0.1, 0.15) is 12.8 Å². The number of para-hydroxylation sites is 1. The molecule has 1 aromatic rings. The molecule has 0 aliphatic heterocycles. The van der Waals surface area contributed by atoms with Crippen molar-refractivity contribution in [3.8, 4) is 0 Å². The lowest BCUT2D eigenvalue weighted by Crippen LogP contribution is -2.18. The van der Waals surface area contributed by atoms with E-state index in [1.807, 2.05) is 21.6 Å². The Morgan fingerprint density at radius 2 is 1.42 bits per heavy atom. The molecule has 0 saturated carbocycles. The van der Waals surface area contributed by atoms with Gasteiger partial charge < -0.3 is 9.80 Å². The second kappa shape index (κ2) is 10.5. The van der Waals surface area contributed by atoms with Crippen LogP contribution in [0.15, 0.2) is 30.3 Å². The van der Waals surface area contributed by atoms with Gasteiger partial charge in [-0.1, -0.05) is 39.8 Å². The predicted molar refractivity (Wildman–Crippen MR) is 92.4 cm³/mol. The second-order valence-corrected chi connectivity index (χ2v) is 7.61. The maximum atomic E-state index is 2.33. The number of nitrogens with zero attached hydrogens (tertiary/aromatic N) is 2. The fourth-order valence-electron chi connectivity index (χ4n) is 1.73. The third-order valence-corrected chi connectivity index (χ3v) is 5.41. The van der Waals surface area contributed by atoms with Crippen molar-refractivity contribution in [3.63, 3.8) is 0 Å². The first-order chi connectivity index (χ1) is 9.20. The van der Waals surface area contributed by atoms with Crippen LogP contribution in [0.2, 0.25) is 0 Å². The summed E-state index contributed by atoms with van der Waals surface area (Å²) in [6, 6.07) is 10.6. The molecular formula is C15H26N2S2. The number of anilines is 1. The summed E-state index contributed by atoms with van der Waals surface area (Å²) >= 11 is 0. The fraction of sp³-hybridized carbons (Fsp3) is 0.600. The van der Waals surface area contributed by atoms with Gasteiger partial charge in [0.1, 0.15) is 0 Å². The summed E-state index contributed by atoms with van der Waals surface area (Å²) in [7, 11) is 10.5. The molecule has 0 fully saturated rings. The Morgan fingerprint density at radius 1 is 0.842 bits per heavy atom. The van der Waals surface area contributed by atoms with Crippen molar-refractivity contribution in [2.45, 2.75) is 12.8 Å². The standard InChI is InChI=1S/C15H26N2S2/c1-16(2)11-7-13-18-19-14-8-12-17(3)15-9-5-4-6-10-15/h4-6,9-10H,7-8,11-14H2,1-3H3. The zero-order chi connectivity index (χ0) is 13.9. The molecule has 4 heteroatoms. The number of rotatable bonds is 10. The van der Waals surface area contributed by atoms with Gasteiger partial charge >= 0.3 is 0 Å². The van der Waals surface area contributed by atoms with E-state index >= 15 is 0 Å². The summed E-state index contributed by atoms with van der Waals surface area (Å²) in [5.41, 5.74) is 1.31. The van der Waals surface area contributed by atoms with Crippen LogP contribution < -0.4 is 4.90 Å². The van der Waals surface area contributed by atoms with E-state index in [0.717, 1.165) is 6.54 Å². The lowest BCUT2D eigenvalue weighted by Gasteiger charge is -2.18. The zero-order valence-electron chi connectivity index (χ0n) is 12.3. The molecule has 0 atom stereocenters. The van der Waals surface area contributed by atoms with E-state index in [9.17, 15) is 0 Å². The molecule has 1 aromatic carbocycles. The lowest BCUT2D eigenvalue weighted by atomic mass is 10.3. The van der Waals surface area contributed by atoms with Crippen LogP contribution in [0.25, 0.3) is 0 Å². The van der Waals surface area contributed by atoms with Gasteiger partial charge in [-0.05, 0) is 45.6 Å². The molecule has 0 aliphatic carbocycles. The maximum Gasteiger partial charge on any atom is 0.0363 e. The first-order valence-corrected chi connectivity index (χ1v) is 9.34. The van der Waals surface area contributed by atoms with Crippen LogP contribution in [0, 0.1) is 0 Å². The van der Waals surface area contributed by atoms with Crippen molar-refractivity contribution in [2.24, 2.45) is 0 Å². The van der Waals surface area contributed by atoms with Crippen molar-refractivity contribution >= 4 is 27.3 Å². The van der Waals surface area contributed by atoms with Crippen LogP contribution >= 0.6 is 21.6 Å². The predicted octanol–water partition coefficient (Wildman–Crippen LogP) is 3.85. The smallest absolute Gasteiger partial charge is 0.0363 e. The average molecular weight is 299 g/mol. The van der Waals surface area contributed by atoms with E-state index in [0.29, 0.717) is 0 Å². The molecule has 0 saturated heterocycles. The Kier molecular flexibility index (Phi) is 9.22. The topological polar surface area (TPSA) is 6.48 Å². The molecule has 0 aromatic heterocycles. The van der Waals surface area contributed by atoms with Crippen molar-refractivity contribution in [1.29, 1.82) is 0 Å². The highest BCUT2D eigenvalue weighted by Gasteiger charge is 1.99. The van der Waals surface area contributed by atoms with Crippen molar-refractivity contribution in [2.75, 3.05) is 50.6 Å². The molecular weight excluding hydrogens is 272 g/mol. The van der Waals surface area contributed by atoms with E-state index in [2.05, 4.69) is 61.3 Å². The van der Waals surface area contributed by atoms with Gasteiger partial charge in [0, 0.05) is 30.8 Å². The van der Waals surface area contributed by atoms with E-state index in [1.165, 1.54) is 36.6 Å². The van der Waals surface area contributed by atoms with Gasteiger partial charge in [-0.25, -0.2) is 0 Å². The molecule has 2 nitrogen and oxygen atoms in total. The largest absolute Gasteiger partial charge is 0.375 e.